The fourth-order valence-corrected chi connectivity index (χ4v) is 2.23. The van der Waals surface area contributed by atoms with Gasteiger partial charge in [-0.1, -0.05) is 0 Å². The van der Waals surface area contributed by atoms with Crippen molar-refractivity contribution >= 4 is 6.21 Å². The number of nitrogens with two attached hydrogens (primary N) is 1. The second-order valence-electron chi connectivity index (χ2n) is 4.25. The van der Waals surface area contributed by atoms with Crippen molar-refractivity contribution < 1.29 is 14.4 Å². The molecular weight excluding hydrogens is 250 g/mol. The molecule has 0 spiro atoms. The van der Waals surface area contributed by atoms with E-state index in [2.05, 4.69) is 4.99 Å². The Kier molecular flexibility index (Phi) is 2.49. The minimum absolute atomic E-state index is 0.115. The van der Waals surface area contributed by atoms with Gasteiger partial charge >= 0.3 is 0 Å². The fraction of sp³-hybridized carbons (Fsp3) is 0.250. The van der Waals surface area contributed by atoms with Gasteiger partial charge in [0.05, 0.1) is 0 Å². The van der Waals surface area contributed by atoms with Crippen LogP contribution in [0, 0.1) is 10.1 Å². The molecule has 0 aromatic heterocycles. The van der Waals surface area contributed by atoms with Crippen LogP contribution in [0.5, 0.6) is 11.5 Å². The summed E-state index contributed by atoms with van der Waals surface area (Å²) in [6, 6.07) is 4.83. The van der Waals surface area contributed by atoms with E-state index in [0.717, 1.165) is 0 Å². The quantitative estimate of drug-likeness (QED) is 0.627. The van der Waals surface area contributed by atoms with Crippen molar-refractivity contribution in [1.29, 1.82) is 0 Å². The Balaban J connectivity index is 2.14. The molecule has 98 valence electrons. The van der Waals surface area contributed by atoms with E-state index >= 15 is 0 Å². The molecule has 1 aromatic rings. The maximum atomic E-state index is 11.5. The number of aliphatic imine (C=N–C) groups is 1. The first-order chi connectivity index (χ1) is 9.14. The summed E-state index contributed by atoms with van der Waals surface area (Å²) in [4.78, 5) is 15.0. The third-order valence-corrected chi connectivity index (χ3v) is 3.27. The van der Waals surface area contributed by atoms with Gasteiger partial charge in [-0.05, 0) is 24.3 Å². The minimum atomic E-state index is -1.57. The molecule has 2 N–H and O–H groups in total. The van der Waals surface area contributed by atoms with Gasteiger partial charge in [-0.3, -0.25) is 15.1 Å². The average molecular weight is 261 g/mol. The Labute approximate surface area is 108 Å². The van der Waals surface area contributed by atoms with E-state index in [1.807, 2.05) is 0 Å². The van der Waals surface area contributed by atoms with Gasteiger partial charge in [0, 0.05) is 22.8 Å². The molecule has 0 saturated heterocycles. The van der Waals surface area contributed by atoms with Gasteiger partial charge in [0.2, 0.25) is 6.79 Å². The van der Waals surface area contributed by atoms with Crippen LogP contribution in [0.25, 0.3) is 0 Å². The molecule has 3 rings (SSSR count). The Bertz CT molecular complexity index is 599. The van der Waals surface area contributed by atoms with Gasteiger partial charge in [-0.2, -0.15) is 0 Å². The first-order valence-corrected chi connectivity index (χ1v) is 5.66. The lowest BCUT2D eigenvalue weighted by atomic mass is 9.86. The summed E-state index contributed by atoms with van der Waals surface area (Å²) in [5, 5.41) is 11.5. The Hall–Kier alpha value is -2.41. The van der Waals surface area contributed by atoms with Gasteiger partial charge < -0.3 is 15.2 Å². The molecule has 2 atom stereocenters. The highest BCUT2D eigenvalue weighted by molar-refractivity contribution is 5.73. The van der Waals surface area contributed by atoms with Crippen LogP contribution in [0.15, 0.2) is 35.3 Å². The first-order valence-electron chi connectivity index (χ1n) is 5.66. The number of benzene rings is 1. The van der Waals surface area contributed by atoms with Crippen LogP contribution in [0.3, 0.4) is 0 Å². The van der Waals surface area contributed by atoms with E-state index < -0.39 is 16.6 Å². The predicted molar refractivity (Wildman–Crippen MR) is 66.8 cm³/mol. The zero-order valence-corrected chi connectivity index (χ0v) is 9.85. The number of dihydropyridines is 1. The van der Waals surface area contributed by atoms with Gasteiger partial charge in [0.25, 0.3) is 5.54 Å². The van der Waals surface area contributed by atoms with Crippen molar-refractivity contribution in [2.45, 2.75) is 11.7 Å². The summed E-state index contributed by atoms with van der Waals surface area (Å²) in [5.41, 5.74) is 4.67. The van der Waals surface area contributed by atoms with E-state index in [0.29, 0.717) is 17.1 Å². The highest BCUT2D eigenvalue weighted by Crippen LogP contribution is 2.39. The van der Waals surface area contributed by atoms with Crippen molar-refractivity contribution in [2.24, 2.45) is 10.7 Å². The standard InChI is InChI=1S/C12H11N3O4/c13-11-12(15(16)17,4-1-5-14-11)8-2-3-9-10(6-8)19-7-18-9/h1-6,11H,7,13H2. The van der Waals surface area contributed by atoms with Crippen LogP contribution >= 0.6 is 0 Å². The molecule has 7 heteroatoms. The monoisotopic (exact) mass is 261 g/mol. The van der Waals surface area contributed by atoms with Crippen LogP contribution in [0.2, 0.25) is 0 Å². The van der Waals surface area contributed by atoms with Gasteiger partial charge in [0.15, 0.2) is 17.7 Å². The van der Waals surface area contributed by atoms with Gasteiger partial charge in [-0.15, -0.1) is 0 Å². The molecule has 0 amide bonds. The van der Waals surface area contributed by atoms with Gasteiger partial charge in [-0.25, -0.2) is 0 Å². The average Bonchev–Trinajstić information content (AvgIpc) is 2.86. The molecule has 7 nitrogen and oxygen atoms in total. The molecule has 2 unspecified atom stereocenters. The number of nitrogens with zero attached hydrogens (tertiary/aromatic N) is 2. The molecule has 0 saturated carbocycles. The molecule has 0 fully saturated rings. The first kappa shape index (κ1) is 11.7. The number of nitro groups is 1. The third-order valence-electron chi connectivity index (χ3n) is 3.27. The Morgan fingerprint density at radius 1 is 1.42 bits per heavy atom. The predicted octanol–water partition coefficient (Wildman–Crippen LogP) is 0.813. The number of rotatable bonds is 2. The number of allylic oxidation sites excluding steroid dienone is 1. The maximum absolute atomic E-state index is 11.5. The number of hydrogen-bond donors (Lipinski definition) is 1. The normalized spacial score (nSPS) is 27.5. The van der Waals surface area contributed by atoms with Gasteiger partial charge in [0.1, 0.15) is 0 Å². The minimum Gasteiger partial charge on any atom is -0.454 e. The van der Waals surface area contributed by atoms with Crippen molar-refractivity contribution in [2.75, 3.05) is 6.79 Å². The lowest BCUT2D eigenvalue weighted by molar-refractivity contribution is -0.567. The summed E-state index contributed by atoms with van der Waals surface area (Å²) in [5.74, 6) is 1.05. The van der Waals surface area contributed by atoms with Crippen LogP contribution in [-0.4, -0.2) is 24.1 Å². The SMILES string of the molecule is NC1N=CC=CC1(c1ccc2c(c1)OCO2)[N+](=O)[O-]. The summed E-state index contributed by atoms with van der Waals surface area (Å²) >= 11 is 0. The lowest BCUT2D eigenvalue weighted by Crippen LogP contribution is -2.50. The van der Waals surface area contributed by atoms with Crippen molar-refractivity contribution in [3.8, 4) is 11.5 Å². The van der Waals surface area contributed by atoms with E-state index in [4.69, 9.17) is 15.2 Å². The summed E-state index contributed by atoms with van der Waals surface area (Å²) in [6.07, 6.45) is 3.45. The topological polar surface area (TPSA) is 100.0 Å². The molecule has 2 heterocycles. The van der Waals surface area contributed by atoms with Crippen molar-refractivity contribution in [3.63, 3.8) is 0 Å². The highest BCUT2D eigenvalue weighted by Gasteiger charge is 2.50. The molecule has 0 bridgehead atoms. The second-order valence-corrected chi connectivity index (χ2v) is 4.25. The van der Waals surface area contributed by atoms with Crippen molar-refractivity contribution in [3.05, 3.63) is 46.0 Å². The molecule has 0 aliphatic carbocycles. The smallest absolute Gasteiger partial charge is 0.300 e. The van der Waals surface area contributed by atoms with E-state index in [9.17, 15) is 10.1 Å². The van der Waals surface area contributed by atoms with Crippen LogP contribution in [-0.2, 0) is 5.54 Å². The highest BCUT2D eigenvalue weighted by atomic mass is 16.7. The second kappa shape index (κ2) is 4.06. The molecule has 1 aromatic carbocycles. The van der Waals surface area contributed by atoms with E-state index in [1.54, 1.807) is 18.2 Å². The third kappa shape index (κ3) is 1.59. The van der Waals surface area contributed by atoms with Crippen molar-refractivity contribution in [1.82, 2.24) is 0 Å². The molecular formula is C12H11N3O4. The van der Waals surface area contributed by atoms with E-state index in [-0.39, 0.29) is 6.79 Å². The van der Waals surface area contributed by atoms with Crippen LogP contribution < -0.4 is 15.2 Å². The van der Waals surface area contributed by atoms with E-state index in [1.165, 1.54) is 18.4 Å². The molecule has 0 radical (unpaired) electrons. The summed E-state index contributed by atoms with van der Waals surface area (Å²) in [6.45, 7) is 0.115. The Morgan fingerprint density at radius 2 is 2.21 bits per heavy atom. The van der Waals surface area contributed by atoms with Crippen LogP contribution in [0.4, 0.5) is 0 Å². The summed E-state index contributed by atoms with van der Waals surface area (Å²) in [7, 11) is 0. The molecule has 2 aliphatic heterocycles. The zero-order chi connectivity index (χ0) is 13.5. The maximum Gasteiger partial charge on any atom is 0.300 e. The number of fused-ring (bicyclic) bond motifs is 1. The summed E-state index contributed by atoms with van der Waals surface area (Å²) < 4.78 is 10.4. The van der Waals surface area contributed by atoms with Crippen LogP contribution in [0.1, 0.15) is 5.56 Å². The Morgan fingerprint density at radius 3 is 2.95 bits per heavy atom. The number of hydrogen-bond acceptors (Lipinski definition) is 6. The fourth-order valence-electron chi connectivity index (χ4n) is 2.23. The molecule has 2 aliphatic rings. The lowest BCUT2D eigenvalue weighted by Gasteiger charge is -2.27. The number of ether oxygens (including phenoxy) is 2. The largest absolute Gasteiger partial charge is 0.454 e. The molecule has 19 heavy (non-hydrogen) atoms. The zero-order valence-electron chi connectivity index (χ0n) is 9.85.